The van der Waals surface area contributed by atoms with Gasteiger partial charge in [-0.3, -0.25) is 4.79 Å². The summed E-state index contributed by atoms with van der Waals surface area (Å²) >= 11 is 0. The third-order valence-electron chi connectivity index (χ3n) is 3.15. The quantitative estimate of drug-likeness (QED) is 0.771. The number of fused-ring (bicyclic) bond motifs is 1. The van der Waals surface area contributed by atoms with Crippen LogP contribution in [0.1, 0.15) is 5.82 Å². The van der Waals surface area contributed by atoms with Crippen LogP contribution in [0.25, 0.3) is 11.0 Å². The highest BCUT2D eigenvalue weighted by atomic mass is 19.4. The number of nitrogens with zero attached hydrogens (tertiary/aromatic N) is 3. The predicted molar refractivity (Wildman–Crippen MR) is 66.8 cm³/mol. The van der Waals surface area contributed by atoms with Crippen LogP contribution in [0.3, 0.4) is 0 Å². The molecule has 0 spiro atoms. The Balaban J connectivity index is 2.69. The minimum atomic E-state index is -4.53. The third kappa shape index (κ3) is 2.35. The van der Waals surface area contributed by atoms with Crippen LogP contribution in [0.2, 0.25) is 0 Å². The molecule has 0 unspecified atom stereocenters. The molecule has 1 amide bonds. The molecule has 2 rings (SSSR count). The van der Waals surface area contributed by atoms with Gasteiger partial charge in [0, 0.05) is 14.1 Å². The fraction of sp³-hybridized carbons (Fsp3) is 0.385. The van der Waals surface area contributed by atoms with E-state index in [1.807, 2.05) is 0 Å². The van der Waals surface area contributed by atoms with Gasteiger partial charge in [0.05, 0.1) is 7.05 Å². The largest absolute Gasteiger partial charge is 0.495 e. The van der Waals surface area contributed by atoms with Gasteiger partial charge >= 0.3 is 12.0 Å². The molecule has 0 aliphatic heterocycles. The highest BCUT2D eigenvalue weighted by Crippen LogP contribution is 2.30. The number of carbonyl (C=O) groups excluding carboxylic acids is 1. The normalized spacial score (nSPS) is 11.9. The van der Waals surface area contributed by atoms with E-state index in [1.165, 1.54) is 26.0 Å². The molecule has 0 bridgehead atoms. The Morgan fingerprint density at radius 3 is 2.45 bits per heavy atom. The molecule has 0 atom stereocenters. The Morgan fingerprint density at radius 2 is 1.90 bits per heavy atom. The molecular weight excluding hydrogens is 271 g/mol. The molecule has 0 radical (unpaired) electrons. The number of hydrogen-bond donors (Lipinski definition) is 0. The van der Waals surface area contributed by atoms with Crippen molar-refractivity contribution in [2.75, 3.05) is 14.1 Å². The van der Waals surface area contributed by atoms with Gasteiger partial charge in [-0.1, -0.05) is 12.1 Å². The minimum Gasteiger partial charge on any atom is -0.345 e. The van der Waals surface area contributed by atoms with Crippen molar-refractivity contribution in [2.24, 2.45) is 7.05 Å². The van der Waals surface area contributed by atoms with E-state index in [4.69, 9.17) is 0 Å². The van der Waals surface area contributed by atoms with E-state index in [0.717, 1.165) is 9.13 Å². The van der Waals surface area contributed by atoms with Gasteiger partial charge in [-0.2, -0.15) is 13.2 Å². The maximum atomic E-state index is 13.2. The van der Waals surface area contributed by atoms with E-state index < -0.39 is 17.9 Å². The van der Waals surface area contributed by atoms with Gasteiger partial charge in [0.1, 0.15) is 0 Å². The topological polar surface area (TPSA) is 29.1 Å². The van der Waals surface area contributed by atoms with Gasteiger partial charge in [-0.05, 0) is 12.1 Å². The number of hydrogen-bond acceptors (Lipinski definition) is 1. The first-order valence-corrected chi connectivity index (χ1v) is 5.98. The highest BCUT2D eigenvalue weighted by molar-refractivity contribution is 5.79. The van der Waals surface area contributed by atoms with Crippen LogP contribution in [-0.2, 0) is 24.6 Å². The molecule has 0 saturated carbocycles. The van der Waals surface area contributed by atoms with E-state index in [-0.39, 0.29) is 6.54 Å². The van der Waals surface area contributed by atoms with Crippen molar-refractivity contribution in [2.45, 2.75) is 12.7 Å². The van der Waals surface area contributed by atoms with E-state index in [9.17, 15) is 18.0 Å². The Bertz CT molecular complexity index is 659. The van der Waals surface area contributed by atoms with Gasteiger partial charge < -0.3 is 4.90 Å². The predicted octanol–water partition coefficient (Wildman–Crippen LogP) is 1.57. The van der Waals surface area contributed by atoms with Crippen LogP contribution >= 0.6 is 0 Å². The Morgan fingerprint density at radius 1 is 1.30 bits per heavy atom. The number of aromatic nitrogens is 2. The number of likely N-dealkylation sites (N-methyl/N-ethyl adjacent to an activating group) is 1. The van der Waals surface area contributed by atoms with Crippen molar-refractivity contribution in [3.8, 4) is 0 Å². The Labute approximate surface area is 114 Å². The number of imidazole rings is 1. The molecule has 0 aliphatic carbocycles. The zero-order chi connectivity index (χ0) is 15.1. The fourth-order valence-electron chi connectivity index (χ4n) is 2.17. The molecule has 4 nitrogen and oxygen atoms in total. The van der Waals surface area contributed by atoms with Crippen molar-refractivity contribution in [1.29, 1.82) is 0 Å². The van der Waals surface area contributed by atoms with Crippen LogP contribution in [0.15, 0.2) is 24.3 Å². The SMILES string of the molecule is CN(C)C(=O)Cn1c(C(F)(F)F)[n+](C)c2ccccc21. The fourth-order valence-corrected chi connectivity index (χ4v) is 2.17. The standard InChI is InChI=1S/C13H15F3N3O/c1-17(2)11(20)8-19-10-7-5-4-6-9(10)18(3)12(19)13(14,15)16/h4-7H,8H2,1-3H3/q+1. The maximum Gasteiger partial charge on any atom is 0.495 e. The minimum absolute atomic E-state index is 0.344. The van der Waals surface area contributed by atoms with Gasteiger partial charge in [0.15, 0.2) is 17.6 Å². The molecule has 0 N–H and O–H groups in total. The van der Waals surface area contributed by atoms with Crippen LogP contribution < -0.4 is 4.57 Å². The third-order valence-corrected chi connectivity index (χ3v) is 3.15. The van der Waals surface area contributed by atoms with Gasteiger partial charge in [-0.25, -0.2) is 9.13 Å². The maximum absolute atomic E-state index is 13.2. The van der Waals surface area contributed by atoms with Crippen LogP contribution in [0, 0.1) is 0 Å². The van der Waals surface area contributed by atoms with Crippen molar-refractivity contribution in [3.05, 3.63) is 30.1 Å². The van der Waals surface area contributed by atoms with Crippen LogP contribution in [0.4, 0.5) is 13.2 Å². The van der Waals surface area contributed by atoms with Gasteiger partial charge in [-0.15, -0.1) is 0 Å². The number of aryl methyl sites for hydroxylation is 1. The summed E-state index contributed by atoms with van der Waals surface area (Å²) in [5.74, 6) is -1.23. The first-order valence-electron chi connectivity index (χ1n) is 5.98. The molecule has 0 aliphatic rings. The summed E-state index contributed by atoms with van der Waals surface area (Å²) in [5, 5.41) is 0. The molecule has 20 heavy (non-hydrogen) atoms. The van der Waals surface area contributed by atoms with E-state index in [0.29, 0.717) is 11.0 Å². The lowest BCUT2D eigenvalue weighted by molar-refractivity contribution is -0.667. The Hall–Kier alpha value is -2.05. The van der Waals surface area contributed by atoms with Crippen LogP contribution in [-0.4, -0.2) is 29.5 Å². The van der Waals surface area contributed by atoms with Crippen LogP contribution in [0.5, 0.6) is 0 Å². The highest BCUT2D eigenvalue weighted by Gasteiger charge is 2.46. The molecule has 0 saturated heterocycles. The van der Waals surface area contributed by atoms with Crippen molar-refractivity contribution in [3.63, 3.8) is 0 Å². The second-order valence-electron chi connectivity index (χ2n) is 4.74. The monoisotopic (exact) mass is 286 g/mol. The van der Waals surface area contributed by atoms with E-state index in [1.54, 1.807) is 24.3 Å². The number of benzene rings is 1. The molecule has 0 fully saturated rings. The summed E-state index contributed by atoms with van der Waals surface area (Å²) in [6, 6.07) is 6.49. The van der Waals surface area contributed by atoms with Crippen molar-refractivity contribution in [1.82, 2.24) is 9.47 Å². The second kappa shape index (κ2) is 4.81. The molecule has 108 valence electrons. The zero-order valence-electron chi connectivity index (χ0n) is 11.4. The molecular formula is C13H15F3N3O+. The summed E-state index contributed by atoms with van der Waals surface area (Å²) in [5.41, 5.74) is 0.823. The number of rotatable bonds is 2. The molecule has 2 aromatic rings. The average Bonchev–Trinajstić information content (AvgIpc) is 2.63. The number of para-hydroxylation sites is 2. The van der Waals surface area contributed by atoms with Crippen molar-refractivity contribution < 1.29 is 22.5 Å². The van der Waals surface area contributed by atoms with Gasteiger partial charge in [0.25, 0.3) is 5.91 Å². The first kappa shape index (κ1) is 14.4. The number of alkyl halides is 3. The number of amides is 1. The lowest BCUT2D eigenvalue weighted by Crippen LogP contribution is -2.39. The lowest BCUT2D eigenvalue weighted by atomic mass is 10.3. The smallest absolute Gasteiger partial charge is 0.345 e. The lowest BCUT2D eigenvalue weighted by Gasteiger charge is -2.10. The second-order valence-corrected chi connectivity index (χ2v) is 4.74. The van der Waals surface area contributed by atoms with Gasteiger partial charge in [0.2, 0.25) is 0 Å². The summed E-state index contributed by atoms with van der Waals surface area (Å²) in [6.07, 6.45) is -4.53. The van der Waals surface area contributed by atoms with E-state index >= 15 is 0 Å². The number of halogens is 3. The van der Waals surface area contributed by atoms with E-state index in [2.05, 4.69) is 0 Å². The summed E-state index contributed by atoms with van der Waals surface area (Å²) in [4.78, 5) is 13.0. The summed E-state index contributed by atoms with van der Waals surface area (Å²) < 4.78 is 41.8. The average molecular weight is 286 g/mol. The summed E-state index contributed by atoms with van der Waals surface area (Å²) in [7, 11) is 4.38. The first-order chi connectivity index (χ1) is 9.23. The molecule has 1 aromatic heterocycles. The number of carbonyl (C=O) groups is 1. The molecule has 1 aromatic carbocycles. The molecule has 1 heterocycles. The summed E-state index contributed by atoms with van der Waals surface area (Å²) in [6.45, 7) is -0.344. The zero-order valence-corrected chi connectivity index (χ0v) is 11.4. The molecule has 7 heteroatoms. The Kier molecular flexibility index (Phi) is 3.45. The van der Waals surface area contributed by atoms with Crippen molar-refractivity contribution >= 4 is 16.9 Å².